The number of nitrogens with zero attached hydrogens (tertiary/aromatic N) is 2. The van der Waals surface area contributed by atoms with Crippen LogP contribution in [-0.4, -0.2) is 20.6 Å². The molecule has 23 heavy (non-hydrogen) atoms. The van der Waals surface area contributed by atoms with Crippen molar-refractivity contribution in [3.63, 3.8) is 0 Å². The highest BCUT2D eigenvalue weighted by molar-refractivity contribution is 8.00. The summed E-state index contributed by atoms with van der Waals surface area (Å²) in [7, 11) is 0. The van der Waals surface area contributed by atoms with E-state index in [2.05, 4.69) is 4.98 Å². The zero-order chi connectivity index (χ0) is 16.2. The van der Waals surface area contributed by atoms with Crippen LogP contribution in [0.15, 0.2) is 57.7 Å². The predicted octanol–water partition coefficient (Wildman–Crippen LogP) is 2.98. The highest BCUT2D eigenvalue weighted by atomic mass is 32.2. The Morgan fingerprint density at radius 3 is 2.96 bits per heavy atom. The monoisotopic (exact) mass is 346 g/mol. The average molecular weight is 346 g/mol. The number of benzene rings is 1. The highest BCUT2D eigenvalue weighted by Gasteiger charge is 2.16. The van der Waals surface area contributed by atoms with Gasteiger partial charge >= 0.3 is 5.97 Å². The lowest BCUT2D eigenvalue weighted by Crippen LogP contribution is -2.19. The maximum atomic E-state index is 12.1. The standard InChI is InChI=1S/C16H14N2O3S2/c1-11(23-13-5-3-2-4-6-13)15(20)21-10-12-9-14(19)18-7-8-22-16(18)17-12/h2-9,11H,10H2,1H3/t11-/m0/s1. The molecule has 0 bridgehead atoms. The van der Waals surface area contributed by atoms with E-state index in [0.717, 1.165) is 4.90 Å². The van der Waals surface area contributed by atoms with E-state index in [1.54, 1.807) is 18.5 Å². The zero-order valence-corrected chi connectivity index (χ0v) is 14.0. The molecule has 0 spiro atoms. The normalized spacial score (nSPS) is 12.2. The Morgan fingerprint density at radius 2 is 2.17 bits per heavy atom. The van der Waals surface area contributed by atoms with Gasteiger partial charge in [-0.2, -0.15) is 0 Å². The van der Waals surface area contributed by atoms with Gasteiger partial charge in [-0.05, 0) is 19.1 Å². The van der Waals surface area contributed by atoms with E-state index in [9.17, 15) is 9.59 Å². The number of aromatic nitrogens is 2. The van der Waals surface area contributed by atoms with E-state index >= 15 is 0 Å². The smallest absolute Gasteiger partial charge is 0.319 e. The van der Waals surface area contributed by atoms with Gasteiger partial charge < -0.3 is 4.74 Å². The van der Waals surface area contributed by atoms with Crippen molar-refractivity contribution >= 4 is 34.0 Å². The number of carbonyl (C=O) groups excluding carboxylic acids is 1. The van der Waals surface area contributed by atoms with Crippen molar-refractivity contribution in [2.24, 2.45) is 0 Å². The minimum absolute atomic E-state index is 0.00215. The molecular weight excluding hydrogens is 332 g/mol. The van der Waals surface area contributed by atoms with E-state index in [1.807, 2.05) is 30.3 Å². The number of hydrogen-bond acceptors (Lipinski definition) is 6. The molecular formula is C16H14N2O3S2. The lowest BCUT2D eigenvalue weighted by atomic mass is 10.4. The highest BCUT2D eigenvalue weighted by Crippen LogP contribution is 2.23. The first-order chi connectivity index (χ1) is 11.1. The molecule has 5 nitrogen and oxygen atoms in total. The number of ether oxygens (including phenoxy) is 1. The molecule has 0 saturated carbocycles. The zero-order valence-electron chi connectivity index (χ0n) is 12.3. The Balaban J connectivity index is 1.62. The molecule has 2 heterocycles. The molecule has 1 atom stereocenters. The molecule has 118 valence electrons. The SMILES string of the molecule is C[C@H](Sc1ccccc1)C(=O)OCc1cc(=O)n2ccsc2n1. The fraction of sp³-hybridized carbons (Fsp3) is 0.188. The van der Waals surface area contributed by atoms with Crippen LogP contribution in [0.2, 0.25) is 0 Å². The van der Waals surface area contributed by atoms with Crippen LogP contribution in [0.1, 0.15) is 12.6 Å². The second-order valence-electron chi connectivity index (χ2n) is 4.82. The maximum Gasteiger partial charge on any atom is 0.319 e. The quantitative estimate of drug-likeness (QED) is 0.525. The number of thioether (sulfide) groups is 1. The van der Waals surface area contributed by atoms with Gasteiger partial charge in [0.15, 0.2) is 4.96 Å². The number of hydrogen-bond donors (Lipinski definition) is 0. The fourth-order valence-electron chi connectivity index (χ4n) is 1.98. The third kappa shape index (κ3) is 3.80. The number of fused-ring (bicyclic) bond motifs is 1. The first-order valence-electron chi connectivity index (χ1n) is 6.97. The van der Waals surface area contributed by atoms with Crippen molar-refractivity contribution in [3.8, 4) is 0 Å². The molecule has 2 aromatic heterocycles. The molecule has 0 unspecified atom stereocenters. The summed E-state index contributed by atoms with van der Waals surface area (Å²) >= 11 is 2.80. The van der Waals surface area contributed by atoms with E-state index in [0.29, 0.717) is 10.7 Å². The van der Waals surface area contributed by atoms with Gasteiger partial charge in [-0.3, -0.25) is 14.0 Å². The van der Waals surface area contributed by atoms with Crippen LogP contribution in [0, 0.1) is 0 Å². The van der Waals surface area contributed by atoms with Crippen LogP contribution < -0.4 is 5.56 Å². The van der Waals surface area contributed by atoms with Gasteiger partial charge in [-0.25, -0.2) is 4.98 Å². The molecule has 0 amide bonds. The van der Waals surface area contributed by atoms with Crippen LogP contribution in [0.4, 0.5) is 0 Å². The summed E-state index contributed by atoms with van der Waals surface area (Å²) in [6.45, 7) is 1.80. The number of thiazole rings is 1. The largest absolute Gasteiger partial charge is 0.458 e. The van der Waals surface area contributed by atoms with Crippen molar-refractivity contribution in [1.82, 2.24) is 9.38 Å². The Kier molecular flexibility index (Phi) is 4.78. The molecule has 0 fully saturated rings. The summed E-state index contributed by atoms with van der Waals surface area (Å²) in [5.41, 5.74) is 0.289. The van der Waals surface area contributed by atoms with Crippen molar-refractivity contribution in [2.75, 3.05) is 0 Å². The van der Waals surface area contributed by atoms with Crippen molar-refractivity contribution < 1.29 is 9.53 Å². The summed E-state index contributed by atoms with van der Waals surface area (Å²) < 4.78 is 6.74. The molecule has 0 saturated heterocycles. The van der Waals surface area contributed by atoms with Gasteiger partial charge in [-0.1, -0.05) is 18.2 Å². The van der Waals surface area contributed by atoms with Gasteiger partial charge in [0, 0.05) is 22.5 Å². The summed E-state index contributed by atoms with van der Waals surface area (Å²) in [6, 6.07) is 11.1. The van der Waals surface area contributed by atoms with Gasteiger partial charge in [0.2, 0.25) is 0 Å². The van der Waals surface area contributed by atoms with Crippen LogP contribution in [0.3, 0.4) is 0 Å². The first-order valence-corrected chi connectivity index (χ1v) is 8.73. The van der Waals surface area contributed by atoms with Crippen molar-refractivity contribution in [2.45, 2.75) is 23.7 Å². The predicted molar refractivity (Wildman–Crippen MR) is 90.9 cm³/mol. The van der Waals surface area contributed by atoms with E-state index in [-0.39, 0.29) is 23.4 Å². The Bertz CT molecular complexity index is 874. The topological polar surface area (TPSA) is 60.7 Å². The van der Waals surface area contributed by atoms with Gasteiger partial charge in [-0.15, -0.1) is 23.1 Å². The number of esters is 1. The summed E-state index contributed by atoms with van der Waals surface area (Å²) in [5.74, 6) is -0.327. The lowest BCUT2D eigenvalue weighted by Gasteiger charge is -2.11. The van der Waals surface area contributed by atoms with Crippen LogP contribution in [0.5, 0.6) is 0 Å². The molecule has 3 rings (SSSR count). The van der Waals surface area contributed by atoms with Crippen LogP contribution in [-0.2, 0) is 16.1 Å². The van der Waals surface area contributed by atoms with E-state index in [1.165, 1.54) is 33.6 Å². The Hall–Kier alpha value is -2.12. The minimum atomic E-state index is -0.330. The van der Waals surface area contributed by atoms with Gasteiger partial charge in [0.25, 0.3) is 5.56 Å². The first kappa shape index (κ1) is 15.8. The average Bonchev–Trinajstić information content (AvgIpc) is 3.02. The van der Waals surface area contributed by atoms with E-state index in [4.69, 9.17) is 4.74 Å². The lowest BCUT2D eigenvalue weighted by molar-refractivity contribution is -0.144. The summed E-state index contributed by atoms with van der Waals surface area (Å²) in [5, 5.41) is 1.46. The summed E-state index contributed by atoms with van der Waals surface area (Å²) in [4.78, 5) is 29.8. The van der Waals surface area contributed by atoms with Crippen molar-refractivity contribution in [1.29, 1.82) is 0 Å². The molecule has 0 aliphatic carbocycles. The van der Waals surface area contributed by atoms with Crippen LogP contribution in [0.25, 0.3) is 4.96 Å². The molecule has 0 radical (unpaired) electrons. The van der Waals surface area contributed by atoms with E-state index < -0.39 is 0 Å². The summed E-state index contributed by atoms with van der Waals surface area (Å²) in [6.07, 6.45) is 1.67. The second kappa shape index (κ2) is 6.97. The molecule has 7 heteroatoms. The van der Waals surface area contributed by atoms with Crippen molar-refractivity contribution in [3.05, 3.63) is 64.0 Å². The molecule has 3 aromatic rings. The Morgan fingerprint density at radius 1 is 1.39 bits per heavy atom. The van der Waals surface area contributed by atoms with Gasteiger partial charge in [0.05, 0.1) is 5.69 Å². The fourth-order valence-corrected chi connectivity index (χ4v) is 3.60. The molecule has 1 aromatic carbocycles. The maximum absolute atomic E-state index is 12.1. The third-order valence-electron chi connectivity index (χ3n) is 3.11. The molecule has 0 aliphatic heterocycles. The number of rotatable bonds is 5. The molecule has 0 aliphatic rings. The molecule has 0 N–H and O–H groups in total. The minimum Gasteiger partial charge on any atom is -0.458 e. The Labute approximate surface area is 140 Å². The second-order valence-corrected chi connectivity index (χ2v) is 7.11. The van der Waals surface area contributed by atoms with Crippen LogP contribution >= 0.6 is 23.1 Å². The number of carbonyl (C=O) groups is 1. The third-order valence-corrected chi connectivity index (χ3v) is 4.95. The van der Waals surface area contributed by atoms with Gasteiger partial charge in [0.1, 0.15) is 11.9 Å².